The summed E-state index contributed by atoms with van der Waals surface area (Å²) >= 11 is 0. The summed E-state index contributed by atoms with van der Waals surface area (Å²) in [5.74, 6) is 0.764. The minimum Gasteiger partial charge on any atom is -0.484 e. The van der Waals surface area contributed by atoms with Crippen LogP contribution in [0, 0.1) is 6.92 Å². The molecule has 0 saturated heterocycles. The van der Waals surface area contributed by atoms with Gasteiger partial charge in [-0.3, -0.25) is 4.79 Å². The van der Waals surface area contributed by atoms with E-state index in [1.165, 1.54) is 6.07 Å². The number of para-hydroxylation sites is 2. The molecule has 1 amide bonds. The molecule has 0 aliphatic rings. The van der Waals surface area contributed by atoms with Crippen LogP contribution in [-0.4, -0.2) is 22.5 Å². The van der Waals surface area contributed by atoms with Crippen LogP contribution in [0.1, 0.15) is 23.0 Å². The van der Waals surface area contributed by atoms with Gasteiger partial charge in [0.2, 0.25) is 0 Å². The summed E-state index contributed by atoms with van der Waals surface area (Å²) in [6.07, 6.45) is 0. The lowest BCUT2D eigenvalue weighted by atomic mass is 10.1. The lowest BCUT2D eigenvalue weighted by Crippen LogP contribution is -2.33. The number of benzene rings is 3. The van der Waals surface area contributed by atoms with Gasteiger partial charge in [0, 0.05) is 17.5 Å². The molecule has 0 radical (unpaired) electrons. The number of imidazole rings is 1. The number of hydrogen-bond donors (Lipinski definition) is 2. The average molecular weight is 439 g/mol. The average Bonchev–Trinajstić information content (AvgIpc) is 3.25. The first-order chi connectivity index (χ1) is 16.1. The Balaban J connectivity index is 1.35. The molecule has 164 valence electrons. The van der Waals surface area contributed by atoms with Gasteiger partial charge in [0.15, 0.2) is 6.61 Å². The molecule has 0 aliphatic carbocycles. The first-order valence-corrected chi connectivity index (χ1v) is 10.5. The fourth-order valence-corrected chi connectivity index (χ4v) is 3.81. The summed E-state index contributed by atoms with van der Waals surface area (Å²) in [6, 6.07) is 23.5. The number of aromatic nitrogens is 2. The molecule has 5 aromatic rings. The van der Waals surface area contributed by atoms with E-state index in [1.807, 2.05) is 67.6 Å². The van der Waals surface area contributed by atoms with Crippen molar-refractivity contribution >= 4 is 27.9 Å². The van der Waals surface area contributed by atoms with Crippen LogP contribution < -0.4 is 15.7 Å². The summed E-state index contributed by atoms with van der Waals surface area (Å²) < 4.78 is 10.9. The molecule has 2 aromatic heterocycles. The van der Waals surface area contributed by atoms with Gasteiger partial charge in [-0.25, -0.2) is 9.78 Å². The molecule has 3 aromatic carbocycles. The molecule has 33 heavy (non-hydrogen) atoms. The highest BCUT2D eigenvalue weighted by Crippen LogP contribution is 2.24. The van der Waals surface area contributed by atoms with Crippen LogP contribution >= 0.6 is 0 Å². The number of amides is 1. The monoisotopic (exact) mass is 439 g/mol. The van der Waals surface area contributed by atoms with Crippen LogP contribution in [0.2, 0.25) is 0 Å². The van der Waals surface area contributed by atoms with Gasteiger partial charge >= 0.3 is 5.63 Å². The highest BCUT2D eigenvalue weighted by Gasteiger charge is 2.20. The Kier molecular flexibility index (Phi) is 5.36. The summed E-state index contributed by atoms with van der Waals surface area (Å²) in [6.45, 7) is 1.64. The maximum absolute atomic E-state index is 12.8. The molecule has 7 nitrogen and oxygen atoms in total. The molecular weight excluding hydrogens is 418 g/mol. The van der Waals surface area contributed by atoms with Gasteiger partial charge in [-0.2, -0.15) is 0 Å². The number of nitrogens with zero attached hydrogens (tertiary/aromatic N) is 1. The van der Waals surface area contributed by atoms with E-state index in [2.05, 4.69) is 15.3 Å². The van der Waals surface area contributed by atoms with Crippen LogP contribution in [0.5, 0.6) is 5.75 Å². The van der Waals surface area contributed by atoms with Crippen molar-refractivity contribution in [1.82, 2.24) is 15.3 Å². The van der Waals surface area contributed by atoms with E-state index in [0.29, 0.717) is 17.2 Å². The Morgan fingerprint density at radius 1 is 1.06 bits per heavy atom. The van der Waals surface area contributed by atoms with Crippen molar-refractivity contribution in [2.45, 2.75) is 13.0 Å². The van der Waals surface area contributed by atoms with Crippen molar-refractivity contribution in [3.05, 3.63) is 106 Å². The Hall–Kier alpha value is -4.39. The number of aromatic amines is 1. The van der Waals surface area contributed by atoms with Crippen LogP contribution in [0.15, 0.2) is 88.1 Å². The highest BCUT2D eigenvalue weighted by atomic mass is 16.5. The molecule has 0 aliphatic heterocycles. The van der Waals surface area contributed by atoms with E-state index in [9.17, 15) is 9.59 Å². The number of H-pyrrole nitrogens is 1. The van der Waals surface area contributed by atoms with E-state index >= 15 is 0 Å². The molecule has 0 spiro atoms. The van der Waals surface area contributed by atoms with E-state index < -0.39 is 11.7 Å². The lowest BCUT2D eigenvalue weighted by molar-refractivity contribution is -0.123. The number of aryl methyl sites for hydroxylation is 1. The van der Waals surface area contributed by atoms with Gasteiger partial charge in [-0.05, 0) is 42.3 Å². The normalized spacial score (nSPS) is 12.0. The molecular formula is C26H21N3O4. The molecule has 1 atom stereocenters. The zero-order chi connectivity index (χ0) is 22.8. The quantitative estimate of drug-likeness (QED) is 0.385. The molecule has 5 rings (SSSR count). The van der Waals surface area contributed by atoms with Gasteiger partial charge < -0.3 is 19.5 Å². The molecule has 0 fully saturated rings. The molecule has 2 heterocycles. The fraction of sp³-hybridized carbons (Fsp3) is 0.115. The van der Waals surface area contributed by atoms with Crippen molar-refractivity contribution in [2.75, 3.05) is 6.61 Å². The molecule has 7 heteroatoms. The highest BCUT2D eigenvalue weighted by molar-refractivity contribution is 5.82. The second-order valence-corrected chi connectivity index (χ2v) is 7.75. The second-order valence-electron chi connectivity index (χ2n) is 7.75. The number of fused-ring (bicyclic) bond motifs is 2. The topological polar surface area (TPSA) is 97.2 Å². The number of ether oxygens (including phenoxy) is 1. The van der Waals surface area contributed by atoms with Crippen molar-refractivity contribution in [1.29, 1.82) is 0 Å². The summed E-state index contributed by atoms with van der Waals surface area (Å²) in [5.41, 5.74) is 3.43. The predicted octanol–water partition coefficient (Wildman–Crippen LogP) is 4.26. The van der Waals surface area contributed by atoms with Crippen molar-refractivity contribution in [3.63, 3.8) is 0 Å². The van der Waals surface area contributed by atoms with Crippen molar-refractivity contribution in [3.8, 4) is 5.75 Å². The number of carbonyl (C=O) groups is 1. The summed E-state index contributed by atoms with van der Waals surface area (Å²) in [5, 5.41) is 3.82. The van der Waals surface area contributed by atoms with Crippen LogP contribution in [0.25, 0.3) is 22.0 Å². The minimum atomic E-state index is -0.466. The van der Waals surface area contributed by atoms with Crippen LogP contribution in [-0.2, 0) is 4.79 Å². The van der Waals surface area contributed by atoms with E-state index in [-0.39, 0.29) is 12.5 Å². The first-order valence-electron chi connectivity index (χ1n) is 10.5. The number of rotatable bonds is 6. The fourth-order valence-electron chi connectivity index (χ4n) is 3.81. The van der Waals surface area contributed by atoms with E-state index in [4.69, 9.17) is 9.15 Å². The minimum absolute atomic E-state index is 0.203. The van der Waals surface area contributed by atoms with Gasteiger partial charge in [0.05, 0.1) is 11.0 Å². The van der Waals surface area contributed by atoms with Gasteiger partial charge in [0.1, 0.15) is 23.2 Å². The van der Waals surface area contributed by atoms with Crippen LogP contribution in [0.3, 0.4) is 0 Å². The molecule has 0 bridgehead atoms. The lowest BCUT2D eigenvalue weighted by Gasteiger charge is -2.17. The van der Waals surface area contributed by atoms with Gasteiger partial charge in [-0.15, -0.1) is 0 Å². The summed E-state index contributed by atoms with van der Waals surface area (Å²) in [4.78, 5) is 32.4. The zero-order valence-electron chi connectivity index (χ0n) is 17.9. The third kappa shape index (κ3) is 4.34. The maximum atomic E-state index is 12.8. The van der Waals surface area contributed by atoms with Crippen molar-refractivity contribution in [2.24, 2.45) is 0 Å². The third-order valence-corrected chi connectivity index (χ3v) is 5.41. The second kappa shape index (κ2) is 8.63. The molecule has 2 N–H and O–H groups in total. The Labute approximate surface area is 189 Å². The largest absolute Gasteiger partial charge is 0.484 e. The molecule has 0 saturated carbocycles. The molecule has 0 unspecified atom stereocenters. The van der Waals surface area contributed by atoms with Crippen LogP contribution in [0.4, 0.5) is 0 Å². The Bertz CT molecular complexity index is 1470. The first kappa shape index (κ1) is 20.5. The number of nitrogens with one attached hydrogen (secondary N) is 2. The van der Waals surface area contributed by atoms with E-state index in [0.717, 1.165) is 27.5 Å². The summed E-state index contributed by atoms with van der Waals surface area (Å²) in [7, 11) is 0. The van der Waals surface area contributed by atoms with Gasteiger partial charge in [0.25, 0.3) is 5.91 Å². The predicted molar refractivity (Wildman–Crippen MR) is 125 cm³/mol. The maximum Gasteiger partial charge on any atom is 0.336 e. The third-order valence-electron chi connectivity index (χ3n) is 5.41. The van der Waals surface area contributed by atoms with Gasteiger partial charge in [-0.1, -0.05) is 42.5 Å². The Morgan fingerprint density at radius 3 is 2.67 bits per heavy atom. The van der Waals surface area contributed by atoms with Crippen molar-refractivity contribution < 1.29 is 13.9 Å². The SMILES string of the molecule is Cc1cc(=O)oc2cc(OCC(=O)N[C@H](c3ccccc3)c3nc4ccccc4[nH]3)ccc12. The number of carbonyl (C=O) groups excluding carboxylic acids is 1. The zero-order valence-corrected chi connectivity index (χ0v) is 17.9. The smallest absolute Gasteiger partial charge is 0.336 e. The Morgan fingerprint density at radius 2 is 1.85 bits per heavy atom. The standard InChI is InChI=1S/C26H21N3O4/c1-16-13-24(31)33-22-14-18(11-12-19(16)22)32-15-23(30)29-25(17-7-3-2-4-8-17)26-27-20-9-5-6-10-21(20)28-26/h2-14,25H,15H2,1H3,(H,27,28)(H,29,30)/t25-/m1/s1. The van der Waals surface area contributed by atoms with E-state index in [1.54, 1.807) is 12.1 Å². The number of hydrogen-bond acceptors (Lipinski definition) is 5.